The largest absolute Gasteiger partial charge is 0.501 e. The number of furan rings is 1. The van der Waals surface area contributed by atoms with E-state index < -0.39 is 32.9 Å². The minimum atomic E-state index is -3.64. The lowest BCUT2D eigenvalue weighted by Gasteiger charge is -2.28. The molecule has 1 aliphatic heterocycles. The van der Waals surface area contributed by atoms with Crippen LogP contribution in [0.1, 0.15) is 29.1 Å². The van der Waals surface area contributed by atoms with E-state index in [9.17, 15) is 23.1 Å². The van der Waals surface area contributed by atoms with Crippen LogP contribution in [0.4, 0.5) is 5.95 Å². The smallest absolute Gasteiger partial charge is 0.297 e. The van der Waals surface area contributed by atoms with Gasteiger partial charge in [0.1, 0.15) is 5.76 Å². The highest BCUT2D eigenvalue weighted by molar-refractivity contribution is 7.92. The summed E-state index contributed by atoms with van der Waals surface area (Å²) in [6, 6.07) is 3.29. The molecule has 140 valence electrons. The highest BCUT2D eigenvalue weighted by atomic mass is 32.2. The second-order valence-electron chi connectivity index (χ2n) is 5.83. The normalized spacial score (nSPS) is 16.4. The summed E-state index contributed by atoms with van der Waals surface area (Å²) in [4.78, 5) is 28.6. The zero-order valence-electron chi connectivity index (χ0n) is 14.0. The van der Waals surface area contributed by atoms with Crippen LogP contribution in [-0.4, -0.2) is 41.3 Å². The summed E-state index contributed by atoms with van der Waals surface area (Å²) < 4.78 is 31.6. The first kappa shape index (κ1) is 18.0. The third kappa shape index (κ3) is 3.29. The molecule has 2 N–H and O–H groups in total. The molecule has 2 aromatic heterocycles. The average Bonchev–Trinajstić information content (AvgIpc) is 3.12. The molecule has 0 spiro atoms. The zero-order valence-corrected chi connectivity index (χ0v) is 14.8. The van der Waals surface area contributed by atoms with Gasteiger partial charge in [0.2, 0.25) is 21.7 Å². The lowest BCUT2D eigenvalue weighted by Crippen LogP contribution is -2.42. The summed E-state index contributed by atoms with van der Waals surface area (Å²) in [6.07, 6.45) is 2.56. The predicted molar refractivity (Wildman–Crippen MR) is 91.4 cm³/mol. The number of hydrogen-bond acceptors (Lipinski definition) is 7. The van der Waals surface area contributed by atoms with E-state index in [2.05, 4.69) is 10.3 Å². The van der Waals surface area contributed by atoms with E-state index in [-0.39, 0.29) is 24.8 Å². The topological polar surface area (TPSA) is 135 Å². The summed E-state index contributed by atoms with van der Waals surface area (Å²) in [7, 11) is -2.35. The van der Waals surface area contributed by atoms with E-state index in [1.165, 1.54) is 13.3 Å². The molecule has 1 saturated heterocycles. The van der Waals surface area contributed by atoms with Gasteiger partial charge in [0.25, 0.3) is 11.5 Å². The van der Waals surface area contributed by atoms with E-state index >= 15 is 0 Å². The molecule has 0 unspecified atom stereocenters. The Kier molecular flexibility index (Phi) is 4.72. The van der Waals surface area contributed by atoms with Gasteiger partial charge in [-0.05, 0) is 25.0 Å². The minimum Gasteiger partial charge on any atom is -0.501 e. The van der Waals surface area contributed by atoms with Crippen molar-refractivity contribution in [1.82, 2.24) is 14.9 Å². The monoisotopic (exact) mass is 382 g/mol. The Hall–Kier alpha value is -2.82. The Balaban J connectivity index is 1.97. The highest BCUT2D eigenvalue weighted by Gasteiger charge is 2.31. The third-order valence-electron chi connectivity index (χ3n) is 4.03. The fraction of sp³-hybridized carbons (Fsp3) is 0.400. The Morgan fingerprint density at radius 3 is 2.85 bits per heavy atom. The van der Waals surface area contributed by atoms with Crippen LogP contribution >= 0.6 is 0 Å². The van der Waals surface area contributed by atoms with Crippen LogP contribution in [0.5, 0.6) is 5.75 Å². The Labute approximate surface area is 149 Å². The van der Waals surface area contributed by atoms with E-state index in [4.69, 9.17) is 4.42 Å². The van der Waals surface area contributed by atoms with Crippen LogP contribution in [0.25, 0.3) is 0 Å². The van der Waals surface area contributed by atoms with Crippen molar-refractivity contribution in [3.63, 3.8) is 0 Å². The van der Waals surface area contributed by atoms with Gasteiger partial charge in [-0.15, -0.1) is 0 Å². The average molecular weight is 382 g/mol. The van der Waals surface area contributed by atoms with Crippen LogP contribution in [0, 0.1) is 0 Å². The summed E-state index contributed by atoms with van der Waals surface area (Å²) in [5, 5.41) is 12.5. The molecule has 0 aromatic carbocycles. The summed E-state index contributed by atoms with van der Waals surface area (Å²) in [5.74, 6) is -1.45. The number of sulfonamides is 1. The van der Waals surface area contributed by atoms with Crippen LogP contribution in [0.2, 0.25) is 0 Å². The lowest BCUT2D eigenvalue weighted by molar-refractivity contribution is 0.0939. The molecule has 0 aliphatic carbocycles. The summed E-state index contributed by atoms with van der Waals surface area (Å²) >= 11 is 0. The number of aromatic hydroxyl groups is 1. The highest BCUT2D eigenvalue weighted by Crippen LogP contribution is 2.22. The van der Waals surface area contributed by atoms with Gasteiger partial charge in [0, 0.05) is 13.6 Å². The fourth-order valence-corrected chi connectivity index (χ4v) is 4.25. The lowest BCUT2D eigenvalue weighted by atomic mass is 10.3. The standard InChI is InChI=1S/C15H18N4O6S/c1-18-14(22)12(20)11(13(21)16-9-10-5-4-7-25-10)17-15(18)19-6-2-3-8-26(19,23)24/h4-5,7,20H,2-3,6,8-9H2,1H3,(H,16,21). The number of nitrogens with one attached hydrogen (secondary N) is 1. The number of amides is 1. The van der Waals surface area contributed by atoms with E-state index in [1.54, 1.807) is 12.1 Å². The molecule has 11 heteroatoms. The summed E-state index contributed by atoms with van der Waals surface area (Å²) in [5.41, 5.74) is -1.44. The van der Waals surface area contributed by atoms with Gasteiger partial charge >= 0.3 is 0 Å². The molecular formula is C15H18N4O6S. The Bertz CT molecular complexity index is 980. The first-order valence-corrected chi connectivity index (χ1v) is 9.53. The number of rotatable bonds is 4. The summed E-state index contributed by atoms with van der Waals surface area (Å²) in [6.45, 7) is 0.181. The molecule has 3 rings (SSSR count). The van der Waals surface area contributed by atoms with Crippen molar-refractivity contribution in [2.45, 2.75) is 19.4 Å². The van der Waals surface area contributed by atoms with Gasteiger partial charge in [0.05, 0.1) is 18.6 Å². The maximum absolute atomic E-state index is 12.3. The van der Waals surface area contributed by atoms with Gasteiger partial charge in [-0.25, -0.2) is 17.7 Å². The van der Waals surface area contributed by atoms with Crippen molar-refractivity contribution in [3.8, 4) is 5.75 Å². The minimum absolute atomic E-state index is 0.0273. The van der Waals surface area contributed by atoms with Crippen LogP contribution in [0.15, 0.2) is 27.6 Å². The van der Waals surface area contributed by atoms with Crippen LogP contribution < -0.4 is 15.2 Å². The second kappa shape index (κ2) is 6.83. The SMILES string of the molecule is Cn1c(N2CCCCS2(=O)=O)nc(C(=O)NCc2ccco2)c(O)c1=O. The number of carbonyl (C=O) groups is 1. The molecule has 0 atom stereocenters. The molecular weight excluding hydrogens is 364 g/mol. The molecule has 1 fully saturated rings. The quantitative estimate of drug-likeness (QED) is 0.756. The molecule has 3 heterocycles. The van der Waals surface area contributed by atoms with Crippen molar-refractivity contribution in [2.75, 3.05) is 16.6 Å². The molecule has 26 heavy (non-hydrogen) atoms. The molecule has 1 amide bonds. The zero-order chi connectivity index (χ0) is 18.9. The van der Waals surface area contributed by atoms with Gasteiger partial charge in [-0.1, -0.05) is 0 Å². The van der Waals surface area contributed by atoms with Crippen molar-refractivity contribution < 1.29 is 22.7 Å². The van der Waals surface area contributed by atoms with Gasteiger partial charge in [-0.3, -0.25) is 14.2 Å². The predicted octanol–water partition coefficient (Wildman–Crippen LogP) is -0.0611. The van der Waals surface area contributed by atoms with Gasteiger partial charge < -0.3 is 14.8 Å². The molecule has 10 nitrogen and oxygen atoms in total. The van der Waals surface area contributed by atoms with Gasteiger partial charge in [-0.2, -0.15) is 0 Å². The van der Waals surface area contributed by atoms with Crippen molar-refractivity contribution >= 4 is 21.9 Å². The molecule has 0 saturated carbocycles. The van der Waals surface area contributed by atoms with Crippen LogP contribution in [-0.2, 0) is 23.6 Å². The number of anilines is 1. The van der Waals surface area contributed by atoms with Crippen molar-refractivity contribution in [2.24, 2.45) is 7.05 Å². The molecule has 0 radical (unpaired) electrons. The number of carbonyl (C=O) groups excluding carboxylic acids is 1. The fourth-order valence-electron chi connectivity index (χ4n) is 2.64. The first-order chi connectivity index (χ1) is 12.3. The molecule has 0 bridgehead atoms. The van der Waals surface area contributed by atoms with Crippen LogP contribution in [0.3, 0.4) is 0 Å². The first-order valence-electron chi connectivity index (χ1n) is 7.92. The maximum Gasteiger partial charge on any atom is 0.297 e. The second-order valence-corrected chi connectivity index (χ2v) is 7.84. The van der Waals surface area contributed by atoms with Crippen molar-refractivity contribution in [3.05, 3.63) is 40.2 Å². The van der Waals surface area contributed by atoms with Gasteiger partial charge in [0.15, 0.2) is 5.69 Å². The van der Waals surface area contributed by atoms with E-state index in [1.807, 2.05) is 0 Å². The molecule has 1 aliphatic rings. The Morgan fingerprint density at radius 1 is 1.42 bits per heavy atom. The maximum atomic E-state index is 12.3. The number of nitrogens with zero attached hydrogens (tertiary/aromatic N) is 3. The number of aromatic nitrogens is 2. The molecule has 2 aromatic rings. The number of hydrogen-bond donors (Lipinski definition) is 2. The Morgan fingerprint density at radius 2 is 2.19 bits per heavy atom. The van der Waals surface area contributed by atoms with Crippen molar-refractivity contribution in [1.29, 1.82) is 0 Å². The van der Waals surface area contributed by atoms with E-state index in [0.29, 0.717) is 18.6 Å². The van der Waals surface area contributed by atoms with E-state index in [0.717, 1.165) is 8.87 Å². The third-order valence-corrected chi connectivity index (χ3v) is 5.86.